The topological polar surface area (TPSA) is 29.0 Å². The Balaban J connectivity index is 2.26. The third-order valence-corrected chi connectivity index (χ3v) is 3.80. The quantitative estimate of drug-likeness (QED) is 0.864. The summed E-state index contributed by atoms with van der Waals surface area (Å²) in [5, 5.41) is 0. The van der Waals surface area contributed by atoms with Crippen molar-refractivity contribution in [3.8, 4) is 0 Å². The molecule has 0 saturated carbocycles. The molecule has 0 aliphatic carbocycles. The third-order valence-electron chi connectivity index (χ3n) is 2.82. The highest BCUT2D eigenvalue weighted by Crippen LogP contribution is 2.27. The van der Waals surface area contributed by atoms with Crippen LogP contribution in [0, 0.1) is 6.92 Å². The summed E-state index contributed by atoms with van der Waals surface area (Å²) in [6.45, 7) is 5.86. The van der Waals surface area contributed by atoms with Gasteiger partial charge in [0.25, 0.3) is 0 Å². The minimum absolute atomic E-state index is 0.770. The molecule has 0 unspecified atom stereocenters. The third kappa shape index (κ3) is 2.88. The van der Waals surface area contributed by atoms with Crippen LogP contribution >= 0.6 is 15.9 Å². The molecule has 4 heteroatoms. The van der Waals surface area contributed by atoms with Crippen molar-refractivity contribution in [3.05, 3.63) is 52.4 Å². The molecular weight excluding hydrogens is 290 g/mol. The molecule has 2 aromatic heterocycles. The highest BCUT2D eigenvalue weighted by atomic mass is 79.9. The van der Waals surface area contributed by atoms with Crippen LogP contribution in [0.1, 0.15) is 18.2 Å². The standard InChI is InChI=1S/C14H16BrN3/c1-3-18(10-12-6-4-5-8-16-12)14-13(15)11(2)7-9-17-14/h4-9H,3,10H2,1-2H3. The van der Waals surface area contributed by atoms with E-state index in [4.69, 9.17) is 0 Å². The summed E-state index contributed by atoms with van der Waals surface area (Å²) in [6, 6.07) is 7.98. The number of aromatic nitrogens is 2. The first-order valence-electron chi connectivity index (χ1n) is 5.98. The van der Waals surface area contributed by atoms with E-state index in [9.17, 15) is 0 Å². The Kier molecular flexibility index (Phi) is 4.31. The van der Waals surface area contributed by atoms with Crippen molar-refractivity contribution in [2.75, 3.05) is 11.4 Å². The SMILES string of the molecule is CCN(Cc1ccccn1)c1nccc(C)c1Br. The van der Waals surface area contributed by atoms with Crippen LogP contribution in [0.4, 0.5) is 5.82 Å². The summed E-state index contributed by atoms with van der Waals surface area (Å²) < 4.78 is 1.06. The van der Waals surface area contributed by atoms with Crippen LogP contribution in [0.15, 0.2) is 41.1 Å². The molecule has 0 saturated heterocycles. The average molecular weight is 306 g/mol. The van der Waals surface area contributed by atoms with Crippen LogP contribution < -0.4 is 4.90 Å². The second kappa shape index (κ2) is 5.96. The lowest BCUT2D eigenvalue weighted by molar-refractivity contribution is 0.790. The van der Waals surface area contributed by atoms with E-state index in [1.165, 1.54) is 5.56 Å². The number of hydrogen-bond donors (Lipinski definition) is 0. The van der Waals surface area contributed by atoms with Crippen LogP contribution in [0.3, 0.4) is 0 Å². The zero-order valence-electron chi connectivity index (χ0n) is 10.6. The first kappa shape index (κ1) is 13.0. The molecule has 0 bridgehead atoms. The van der Waals surface area contributed by atoms with Gasteiger partial charge in [-0.2, -0.15) is 0 Å². The van der Waals surface area contributed by atoms with Crippen molar-refractivity contribution in [2.45, 2.75) is 20.4 Å². The van der Waals surface area contributed by atoms with Gasteiger partial charge in [-0.05, 0) is 53.5 Å². The van der Waals surface area contributed by atoms with E-state index in [2.05, 4.69) is 44.6 Å². The van der Waals surface area contributed by atoms with Gasteiger partial charge in [-0.1, -0.05) is 6.07 Å². The summed E-state index contributed by atoms with van der Waals surface area (Å²) in [4.78, 5) is 11.0. The predicted octanol–water partition coefficient (Wildman–Crippen LogP) is 3.57. The summed E-state index contributed by atoms with van der Waals surface area (Å²) in [5.41, 5.74) is 2.24. The van der Waals surface area contributed by atoms with Gasteiger partial charge in [-0.3, -0.25) is 4.98 Å². The van der Waals surface area contributed by atoms with E-state index >= 15 is 0 Å². The molecule has 94 valence electrons. The van der Waals surface area contributed by atoms with Crippen LogP contribution in [0.2, 0.25) is 0 Å². The van der Waals surface area contributed by atoms with Crippen LogP contribution in [-0.2, 0) is 6.54 Å². The van der Waals surface area contributed by atoms with Crippen LogP contribution in [0.25, 0.3) is 0 Å². The summed E-state index contributed by atoms with van der Waals surface area (Å²) in [7, 11) is 0. The predicted molar refractivity (Wildman–Crippen MR) is 77.6 cm³/mol. The molecular formula is C14H16BrN3. The maximum atomic E-state index is 4.46. The largest absolute Gasteiger partial charge is 0.350 e. The number of halogens is 1. The van der Waals surface area contributed by atoms with Crippen molar-refractivity contribution >= 4 is 21.7 Å². The normalized spacial score (nSPS) is 10.4. The van der Waals surface area contributed by atoms with E-state index < -0.39 is 0 Å². The lowest BCUT2D eigenvalue weighted by Gasteiger charge is -2.23. The van der Waals surface area contributed by atoms with Crippen molar-refractivity contribution < 1.29 is 0 Å². The van der Waals surface area contributed by atoms with Gasteiger partial charge in [-0.15, -0.1) is 0 Å². The molecule has 3 nitrogen and oxygen atoms in total. The summed E-state index contributed by atoms with van der Waals surface area (Å²) in [6.07, 6.45) is 3.67. The molecule has 2 heterocycles. The smallest absolute Gasteiger partial charge is 0.143 e. The zero-order valence-corrected chi connectivity index (χ0v) is 12.2. The maximum Gasteiger partial charge on any atom is 0.143 e. The molecule has 18 heavy (non-hydrogen) atoms. The fourth-order valence-electron chi connectivity index (χ4n) is 1.77. The van der Waals surface area contributed by atoms with Gasteiger partial charge in [0.05, 0.1) is 16.7 Å². The molecule has 2 rings (SSSR count). The number of pyridine rings is 2. The minimum atomic E-state index is 0.770. The number of rotatable bonds is 4. The van der Waals surface area contributed by atoms with Gasteiger partial charge in [0.2, 0.25) is 0 Å². The molecule has 0 atom stereocenters. The average Bonchev–Trinajstić information content (AvgIpc) is 2.41. The van der Waals surface area contributed by atoms with E-state index in [1.807, 2.05) is 36.7 Å². The molecule has 0 aliphatic heterocycles. The second-order valence-corrected chi connectivity index (χ2v) is 4.89. The lowest BCUT2D eigenvalue weighted by atomic mass is 10.2. The van der Waals surface area contributed by atoms with Crippen molar-refractivity contribution in [1.29, 1.82) is 0 Å². The van der Waals surface area contributed by atoms with Crippen LogP contribution in [-0.4, -0.2) is 16.5 Å². The first-order chi connectivity index (χ1) is 8.72. The van der Waals surface area contributed by atoms with Gasteiger partial charge in [0, 0.05) is 18.9 Å². The number of anilines is 1. The van der Waals surface area contributed by atoms with Crippen molar-refractivity contribution in [1.82, 2.24) is 9.97 Å². The van der Waals surface area contributed by atoms with Crippen molar-refractivity contribution in [3.63, 3.8) is 0 Å². The number of nitrogens with zero attached hydrogens (tertiary/aromatic N) is 3. The fourth-order valence-corrected chi connectivity index (χ4v) is 2.26. The van der Waals surface area contributed by atoms with Crippen molar-refractivity contribution in [2.24, 2.45) is 0 Å². The second-order valence-electron chi connectivity index (χ2n) is 4.10. The molecule has 0 aliphatic rings. The van der Waals surface area contributed by atoms with Gasteiger partial charge < -0.3 is 4.90 Å². The Morgan fingerprint density at radius 1 is 1.17 bits per heavy atom. The molecule has 0 fully saturated rings. The molecule has 0 aromatic carbocycles. The van der Waals surface area contributed by atoms with Gasteiger partial charge in [0.15, 0.2) is 0 Å². The maximum absolute atomic E-state index is 4.46. The molecule has 2 aromatic rings. The highest BCUT2D eigenvalue weighted by molar-refractivity contribution is 9.10. The summed E-state index contributed by atoms with van der Waals surface area (Å²) >= 11 is 3.61. The summed E-state index contributed by atoms with van der Waals surface area (Å²) in [5.74, 6) is 0.975. The lowest BCUT2D eigenvalue weighted by Crippen LogP contribution is -2.24. The molecule has 0 amide bonds. The zero-order chi connectivity index (χ0) is 13.0. The Morgan fingerprint density at radius 3 is 2.67 bits per heavy atom. The Hall–Kier alpha value is -1.42. The molecule has 0 N–H and O–H groups in total. The number of hydrogen-bond acceptors (Lipinski definition) is 3. The van der Waals surface area contributed by atoms with Gasteiger partial charge in [0.1, 0.15) is 5.82 Å². The van der Waals surface area contributed by atoms with E-state index in [1.54, 1.807) is 0 Å². The monoisotopic (exact) mass is 305 g/mol. The Labute approximate surface area is 116 Å². The van der Waals surface area contributed by atoms with Gasteiger partial charge in [-0.25, -0.2) is 4.98 Å². The molecule has 0 spiro atoms. The van der Waals surface area contributed by atoms with E-state index in [0.29, 0.717) is 0 Å². The first-order valence-corrected chi connectivity index (χ1v) is 6.77. The van der Waals surface area contributed by atoms with E-state index in [-0.39, 0.29) is 0 Å². The van der Waals surface area contributed by atoms with Gasteiger partial charge >= 0.3 is 0 Å². The van der Waals surface area contributed by atoms with E-state index in [0.717, 1.165) is 29.1 Å². The molecule has 0 radical (unpaired) electrons. The Bertz CT molecular complexity index is 514. The van der Waals surface area contributed by atoms with Crippen LogP contribution in [0.5, 0.6) is 0 Å². The fraction of sp³-hybridized carbons (Fsp3) is 0.286. The minimum Gasteiger partial charge on any atom is -0.350 e. The Morgan fingerprint density at radius 2 is 2.00 bits per heavy atom. The number of aryl methyl sites for hydroxylation is 1. The highest BCUT2D eigenvalue weighted by Gasteiger charge is 2.12.